The summed E-state index contributed by atoms with van der Waals surface area (Å²) in [7, 11) is 3.37. The van der Waals surface area contributed by atoms with Crippen molar-refractivity contribution in [1.82, 2.24) is 25.7 Å². The van der Waals surface area contributed by atoms with Crippen molar-refractivity contribution in [2.75, 3.05) is 27.2 Å². The second kappa shape index (κ2) is 11.2. The van der Waals surface area contributed by atoms with Gasteiger partial charge in [0, 0.05) is 50.2 Å². The molecule has 0 saturated carbocycles. The Kier molecular flexibility index (Phi) is 8.06. The molecule has 2 aromatic carbocycles. The third kappa shape index (κ3) is 6.33. The van der Waals surface area contributed by atoms with Crippen molar-refractivity contribution in [1.29, 1.82) is 0 Å². The van der Waals surface area contributed by atoms with Crippen molar-refractivity contribution in [3.63, 3.8) is 0 Å². The van der Waals surface area contributed by atoms with Gasteiger partial charge in [-0.25, -0.2) is 0 Å². The van der Waals surface area contributed by atoms with Crippen molar-refractivity contribution in [3.8, 4) is 0 Å². The van der Waals surface area contributed by atoms with Crippen LogP contribution in [-0.4, -0.2) is 48.8 Å². The van der Waals surface area contributed by atoms with Crippen molar-refractivity contribution < 1.29 is 4.79 Å². The van der Waals surface area contributed by atoms with Gasteiger partial charge in [0.1, 0.15) is 0 Å². The highest BCUT2D eigenvalue weighted by molar-refractivity contribution is 6.30. The first-order valence-electron chi connectivity index (χ1n) is 10.1. The number of hydrogen-bond acceptors (Lipinski definition) is 3. The number of aliphatic imine (C=N–C) groups is 1. The van der Waals surface area contributed by atoms with Crippen LogP contribution in [0.25, 0.3) is 0 Å². The average molecular weight is 439 g/mol. The Hall–Kier alpha value is -3.32. The number of benzene rings is 2. The van der Waals surface area contributed by atoms with Crippen LogP contribution in [-0.2, 0) is 6.42 Å². The van der Waals surface area contributed by atoms with E-state index >= 15 is 0 Å². The minimum absolute atomic E-state index is 0.00458. The number of carbonyl (C=O) groups is 1. The van der Waals surface area contributed by atoms with Gasteiger partial charge in [0.05, 0.1) is 6.04 Å². The minimum atomic E-state index is -0.0841. The number of guanidine groups is 1. The lowest BCUT2D eigenvalue weighted by Crippen LogP contribution is -2.41. The Labute approximate surface area is 187 Å². The topological polar surface area (TPSA) is 83.3 Å². The van der Waals surface area contributed by atoms with Crippen molar-refractivity contribution in [2.24, 2.45) is 4.99 Å². The van der Waals surface area contributed by atoms with E-state index in [1.54, 1.807) is 20.3 Å². The zero-order valence-electron chi connectivity index (χ0n) is 17.7. The lowest BCUT2D eigenvalue weighted by Gasteiger charge is -2.21. The number of aromatic nitrogens is 2. The maximum Gasteiger partial charge on any atom is 0.251 e. The summed E-state index contributed by atoms with van der Waals surface area (Å²) in [6, 6.07) is 17.3. The van der Waals surface area contributed by atoms with E-state index in [-0.39, 0.29) is 11.9 Å². The van der Waals surface area contributed by atoms with E-state index < -0.39 is 0 Å². The molecule has 0 aliphatic heterocycles. The molecule has 0 fully saturated rings. The molecule has 0 aliphatic rings. The second-order valence-corrected chi connectivity index (χ2v) is 7.40. The lowest BCUT2D eigenvalue weighted by atomic mass is 10.1. The number of nitrogens with one attached hydrogen (secondary N) is 3. The first kappa shape index (κ1) is 22.4. The molecule has 0 saturated heterocycles. The summed E-state index contributed by atoms with van der Waals surface area (Å²) in [5.74, 6) is 0.618. The third-order valence-corrected chi connectivity index (χ3v) is 5.16. The Morgan fingerprint density at radius 3 is 2.65 bits per heavy atom. The summed E-state index contributed by atoms with van der Waals surface area (Å²) in [6.07, 6.45) is 4.48. The Morgan fingerprint density at radius 2 is 1.97 bits per heavy atom. The molecule has 0 spiro atoms. The molecule has 1 aromatic heterocycles. The van der Waals surface area contributed by atoms with E-state index in [1.807, 2.05) is 65.5 Å². The fourth-order valence-electron chi connectivity index (χ4n) is 3.27. The Morgan fingerprint density at radius 1 is 1.16 bits per heavy atom. The van der Waals surface area contributed by atoms with Crippen LogP contribution in [0.1, 0.15) is 27.5 Å². The van der Waals surface area contributed by atoms with E-state index in [9.17, 15) is 4.79 Å². The molecule has 0 bridgehead atoms. The number of halogens is 1. The molecule has 1 atom stereocenters. The first-order chi connectivity index (χ1) is 15.1. The highest BCUT2D eigenvalue weighted by Crippen LogP contribution is 2.19. The number of nitrogens with zero attached hydrogens (tertiary/aromatic N) is 3. The summed E-state index contributed by atoms with van der Waals surface area (Å²) >= 11 is 6.04. The van der Waals surface area contributed by atoms with E-state index in [0.29, 0.717) is 29.6 Å². The molecule has 3 rings (SSSR count). The normalized spacial score (nSPS) is 12.3. The molecule has 8 heteroatoms. The third-order valence-electron chi connectivity index (χ3n) is 4.91. The van der Waals surface area contributed by atoms with Crippen LogP contribution >= 0.6 is 11.6 Å². The van der Waals surface area contributed by atoms with E-state index in [1.165, 1.54) is 0 Å². The molecule has 3 aromatic rings. The molecule has 162 valence electrons. The molecule has 1 heterocycles. The highest BCUT2D eigenvalue weighted by Gasteiger charge is 2.15. The number of rotatable bonds is 8. The van der Waals surface area contributed by atoms with Gasteiger partial charge in [0.25, 0.3) is 5.91 Å². The van der Waals surface area contributed by atoms with Crippen LogP contribution in [0, 0.1) is 0 Å². The quantitative estimate of drug-likeness (QED) is 0.373. The monoisotopic (exact) mass is 438 g/mol. The van der Waals surface area contributed by atoms with Gasteiger partial charge in [-0.3, -0.25) is 14.5 Å². The maximum atomic E-state index is 11.8. The maximum absolute atomic E-state index is 11.8. The van der Waals surface area contributed by atoms with Gasteiger partial charge in [-0.05, 0) is 47.9 Å². The molecular formula is C23H27ClN6O. The largest absolute Gasteiger partial charge is 0.356 e. The zero-order valence-corrected chi connectivity index (χ0v) is 18.4. The van der Waals surface area contributed by atoms with Gasteiger partial charge in [-0.1, -0.05) is 35.9 Å². The summed E-state index contributed by atoms with van der Waals surface area (Å²) in [5, 5.41) is 14.5. The van der Waals surface area contributed by atoms with Gasteiger partial charge in [-0.2, -0.15) is 5.10 Å². The smallest absolute Gasteiger partial charge is 0.251 e. The van der Waals surface area contributed by atoms with Crippen LogP contribution in [0.5, 0.6) is 0 Å². The standard InChI is InChI=1S/C23H27ClN6O/c1-25-22(31)19-6-3-5-17(15-19)11-13-27-23(26-2)28-16-21(30-14-4-12-29-30)18-7-9-20(24)10-8-18/h3-10,12,14-15,21H,11,13,16H2,1-2H3,(H,25,31)(H2,26,27,28). The molecular weight excluding hydrogens is 412 g/mol. The molecule has 7 nitrogen and oxygen atoms in total. The number of amides is 1. The molecule has 3 N–H and O–H groups in total. The van der Waals surface area contributed by atoms with E-state index in [4.69, 9.17) is 11.6 Å². The van der Waals surface area contributed by atoms with Crippen molar-refractivity contribution in [2.45, 2.75) is 12.5 Å². The Bertz CT molecular complexity index is 1000. The fourth-order valence-corrected chi connectivity index (χ4v) is 3.39. The van der Waals surface area contributed by atoms with Crippen LogP contribution in [0.4, 0.5) is 0 Å². The van der Waals surface area contributed by atoms with E-state index in [0.717, 1.165) is 17.5 Å². The average Bonchev–Trinajstić information content (AvgIpc) is 3.33. The molecule has 1 amide bonds. The SMILES string of the molecule is CN=C(NCCc1cccc(C(=O)NC)c1)NCC(c1ccc(Cl)cc1)n1cccn1. The molecule has 31 heavy (non-hydrogen) atoms. The van der Waals surface area contributed by atoms with Crippen molar-refractivity contribution >= 4 is 23.5 Å². The second-order valence-electron chi connectivity index (χ2n) is 6.96. The summed E-state index contributed by atoms with van der Waals surface area (Å²) in [4.78, 5) is 16.1. The highest BCUT2D eigenvalue weighted by atomic mass is 35.5. The minimum Gasteiger partial charge on any atom is -0.356 e. The molecule has 1 unspecified atom stereocenters. The number of hydrogen-bond donors (Lipinski definition) is 3. The van der Waals surface area contributed by atoms with Crippen LogP contribution in [0.3, 0.4) is 0 Å². The van der Waals surface area contributed by atoms with Gasteiger partial charge < -0.3 is 16.0 Å². The van der Waals surface area contributed by atoms with Crippen LogP contribution < -0.4 is 16.0 Å². The van der Waals surface area contributed by atoms with Gasteiger partial charge >= 0.3 is 0 Å². The first-order valence-corrected chi connectivity index (χ1v) is 10.5. The van der Waals surface area contributed by atoms with Crippen molar-refractivity contribution in [3.05, 3.63) is 88.7 Å². The molecule has 0 aliphatic carbocycles. The van der Waals surface area contributed by atoms with E-state index in [2.05, 4.69) is 26.0 Å². The van der Waals surface area contributed by atoms with Gasteiger partial charge in [0.2, 0.25) is 0 Å². The summed E-state index contributed by atoms with van der Waals surface area (Å²) in [6.45, 7) is 1.29. The number of carbonyl (C=O) groups excluding carboxylic acids is 1. The van der Waals surface area contributed by atoms with Gasteiger partial charge in [-0.15, -0.1) is 0 Å². The zero-order chi connectivity index (χ0) is 22.1. The predicted octanol–water partition coefficient (Wildman–Crippen LogP) is 2.89. The van der Waals surface area contributed by atoms with Gasteiger partial charge in [0.15, 0.2) is 5.96 Å². The fraction of sp³-hybridized carbons (Fsp3) is 0.261. The Balaban J connectivity index is 1.57. The van der Waals surface area contributed by atoms with Crippen LogP contribution in [0.15, 0.2) is 72.0 Å². The molecule has 0 radical (unpaired) electrons. The summed E-state index contributed by atoms with van der Waals surface area (Å²) in [5.41, 5.74) is 2.84. The lowest BCUT2D eigenvalue weighted by molar-refractivity contribution is 0.0963. The van der Waals surface area contributed by atoms with Crippen LogP contribution in [0.2, 0.25) is 5.02 Å². The predicted molar refractivity (Wildman–Crippen MR) is 125 cm³/mol. The summed E-state index contributed by atoms with van der Waals surface area (Å²) < 4.78 is 1.91.